The van der Waals surface area contributed by atoms with Gasteiger partial charge in [0.05, 0.1) is 12.2 Å². The predicted octanol–water partition coefficient (Wildman–Crippen LogP) is 11.5. The molecule has 4 atom stereocenters. The van der Waals surface area contributed by atoms with Crippen molar-refractivity contribution in [1.29, 1.82) is 0 Å². The zero-order chi connectivity index (χ0) is 35.3. The van der Waals surface area contributed by atoms with Crippen LogP contribution in [0.5, 0.6) is 0 Å². The summed E-state index contributed by atoms with van der Waals surface area (Å²) in [6.07, 6.45) is 13.5. The number of rotatable bonds is 21. The van der Waals surface area contributed by atoms with Crippen LogP contribution in [-0.2, 0) is 23.2 Å². The molecule has 1 aliphatic carbocycles. The Morgan fingerprint density at radius 3 is 2.11 bits per heavy atom. The quantitative estimate of drug-likeness (QED) is 0.0553. The van der Waals surface area contributed by atoms with Gasteiger partial charge in [0, 0.05) is 30.1 Å². The molecule has 6 nitrogen and oxygen atoms in total. The minimum absolute atomic E-state index is 0.00947. The average Bonchev–Trinajstić information content (AvgIpc) is 3.20. The summed E-state index contributed by atoms with van der Waals surface area (Å²) in [5.74, 6) is 1.20. The smallest absolute Gasteiger partial charge is 0.310 e. The van der Waals surface area contributed by atoms with Gasteiger partial charge < -0.3 is 18.7 Å². The fourth-order valence-electron chi connectivity index (χ4n) is 5.08. The number of carboxylic acids is 1. The summed E-state index contributed by atoms with van der Waals surface area (Å²) in [7, 11) is -4.17. The second-order valence-electron chi connectivity index (χ2n) is 16.5. The molecule has 0 aromatic heterocycles. The Balaban J connectivity index is 3.54. The highest BCUT2D eigenvalue weighted by Crippen LogP contribution is 2.47. The average molecular weight is 699 g/mol. The zero-order valence-electron chi connectivity index (χ0n) is 31.8. The number of hydrogen-bond acceptors (Lipinski definition) is 6. The molecule has 0 aromatic carbocycles. The Morgan fingerprint density at radius 2 is 1.57 bits per heavy atom. The molecule has 0 bridgehead atoms. The number of esters is 1. The molecule has 0 amide bonds. The topological polar surface area (TPSA) is 82.1 Å². The fraction of sp³-hybridized carbons (Fsp3) is 0.838. The number of carboxylic acid groups (broad SMARTS) is 1. The fourth-order valence-corrected chi connectivity index (χ4v) is 8.98. The van der Waals surface area contributed by atoms with E-state index in [-0.39, 0.29) is 40.6 Å². The normalized spacial score (nSPS) is 19.6. The lowest BCUT2D eigenvalue weighted by Crippen LogP contribution is -2.45. The molecule has 0 aromatic rings. The van der Waals surface area contributed by atoms with E-state index >= 15 is 0 Å². The Labute approximate surface area is 289 Å². The predicted molar refractivity (Wildman–Crippen MR) is 201 cm³/mol. The van der Waals surface area contributed by atoms with Crippen molar-refractivity contribution in [2.75, 3.05) is 5.75 Å². The van der Waals surface area contributed by atoms with Crippen LogP contribution in [-0.4, -0.2) is 51.6 Å². The van der Waals surface area contributed by atoms with E-state index in [4.69, 9.17) is 18.7 Å². The van der Waals surface area contributed by atoms with Crippen LogP contribution in [0.4, 0.5) is 0 Å². The van der Waals surface area contributed by atoms with Crippen molar-refractivity contribution < 1.29 is 28.3 Å². The van der Waals surface area contributed by atoms with Crippen molar-refractivity contribution in [3.8, 4) is 0 Å². The Hall–Kier alpha value is -0.876. The lowest BCUT2D eigenvalue weighted by atomic mass is 9.96. The van der Waals surface area contributed by atoms with Gasteiger partial charge >= 0.3 is 11.9 Å². The maximum absolute atomic E-state index is 12.8. The van der Waals surface area contributed by atoms with Crippen LogP contribution in [0.2, 0.25) is 36.3 Å². The molecule has 0 saturated carbocycles. The zero-order valence-corrected chi connectivity index (χ0v) is 34.7. The molecule has 0 aliphatic heterocycles. The van der Waals surface area contributed by atoms with Crippen molar-refractivity contribution in [3.63, 3.8) is 0 Å². The first-order valence-corrected chi connectivity index (χ1v) is 24.8. The summed E-state index contributed by atoms with van der Waals surface area (Å²) in [6, 6.07) is 0. The lowest BCUT2D eigenvalue weighted by molar-refractivity contribution is -0.140. The van der Waals surface area contributed by atoms with Crippen LogP contribution in [0, 0.1) is 11.8 Å². The first-order chi connectivity index (χ1) is 21.1. The number of thioether (sulfide) groups is 1. The Kier molecular flexibility index (Phi) is 18.1. The van der Waals surface area contributed by atoms with Gasteiger partial charge in [0.15, 0.2) is 16.6 Å². The van der Waals surface area contributed by atoms with Gasteiger partial charge in [-0.3, -0.25) is 9.59 Å². The SMILES string of the molecule is CCCC[C@@H](C)C[C@@H](C=C[C@@H]1C(SCCCCCC(=O)O)=C(OC(=O)CCC)C[C@H]1O[Si](C)(C)C(C)(C)C)O[Si](C)(C)C(C)(C)C. The van der Waals surface area contributed by atoms with Gasteiger partial charge in [0.2, 0.25) is 0 Å². The van der Waals surface area contributed by atoms with E-state index in [1.54, 1.807) is 11.8 Å². The monoisotopic (exact) mass is 698 g/mol. The van der Waals surface area contributed by atoms with Gasteiger partial charge in [-0.1, -0.05) is 100 Å². The molecule has 9 heteroatoms. The molecule has 0 spiro atoms. The third-order valence-corrected chi connectivity index (χ3v) is 20.4. The van der Waals surface area contributed by atoms with Crippen molar-refractivity contribution >= 4 is 40.3 Å². The molecular weight excluding hydrogens is 629 g/mol. The molecule has 1 N–H and O–H groups in total. The van der Waals surface area contributed by atoms with E-state index in [1.807, 2.05) is 6.92 Å². The van der Waals surface area contributed by atoms with Gasteiger partial charge in [-0.25, -0.2) is 0 Å². The minimum atomic E-state index is -2.14. The highest BCUT2D eigenvalue weighted by Gasteiger charge is 2.45. The van der Waals surface area contributed by atoms with Crippen LogP contribution >= 0.6 is 11.8 Å². The summed E-state index contributed by atoms with van der Waals surface area (Å²) in [5, 5.41) is 9.20. The highest BCUT2D eigenvalue weighted by atomic mass is 32.2. The molecule has 1 aliphatic rings. The van der Waals surface area contributed by atoms with Crippen molar-refractivity contribution in [1.82, 2.24) is 0 Å². The van der Waals surface area contributed by atoms with Gasteiger partial charge in [0.1, 0.15) is 5.76 Å². The molecule has 0 unspecified atom stereocenters. The van der Waals surface area contributed by atoms with E-state index in [0.29, 0.717) is 25.2 Å². The molecule has 46 heavy (non-hydrogen) atoms. The van der Waals surface area contributed by atoms with Gasteiger partial charge in [-0.15, -0.1) is 11.8 Å². The van der Waals surface area contributed by atoms with E-state index in [2.05, 4.69) is 93.7 Å². The van der Waals surface area contributed by atoms with Crippen LogP contribution < -0.4 is 0 Å². The third kappa shape index (κ3) is 14.7. The number of hydrogen-bond donors (Lipinski definition) is 1. The summed E-state index contributed by atoms with van der Waals surface area (Å²) in [4.78, 5) is 24.9. The number of unbranched alkanes of at least 4 members (excludes halogenated alkanes) is 3. The lowest BCUT2D eigenvalue weighted by Gasteiger charge is -2.40. The van der Waals surface area contributed by atoms with E-state index < -0.39 is 22.6 Å². The second kappa shape index (κ2) is 19.3. The van der Waals surface area contributed by atoms with Crippen molar-refractivity contribution in [2.45, 2.75) is 181 Å². The Bertz CT molecular complexity index is 1010. The third-order valence-electron chi connectivity index (χ3n) is 10.1. The standard InChI is InChI=1S/C37H70O6SSi2/c1-14-16-21-28(3)26-29(42-45(10,11)36(4,5)6)23-24-30-31(43-46(12,13)37(7,8)9)27-32(41-34(40)20-15-2)35(30)44-25-19-17-18-22-33(38)39/h23-24,28-31H,14-22,25-27H2,1-13H3,(H,38,39)/t28-,29-,30+,31-/m1/s1. The molecule has 0 radical (unpaired) electrons. The summed E-state index contributed by atoms with van der Waals surface area (Å²) < 4.78 is 20.3. The van der Waals surface area contributed by atoms with E-state index in [0.717, 1.165) is 42.1 Å². The largest absolute Gasteiger partial charge is 0.481 e. The van der Waals surface area contributed by atoms with Gasteiger partial charge in [0.25, 0.3) is 0 Å². The summed E-state index contributed by atoms with van der Waals surface area (Å²) in [5.41, 5.74) is 0. The maximum atomic E-state index is 12.8. The van der Waals surface area contributed by atoms with Crippen LogP contribution in [0.25, 0.3) is 0 Å². The number of carbonyl (C=O) groups is 2. The minimum Gasteiger partial charge on any atom is -0.481 e. The number of aliphatic carboxylic acids is 1. The first-order valence-electron chi connectivity index (χ1n) is 18.0. The second-order valence-corrected chi connectivity index (χ2v) is 27.1. The molecular formula is C37H70O6SSi2. The summed E-state index contributed by atoms with van der Waals surface area (Å²) in [6.45, 7) is 29.5. The van der Waals surface area contributed by atoms with Crippen LogP contribution in [0.3, 0.4) is 0 Å². The number of carbonyl (C=O) groups excluding carboxylic acids is 1. The van der Waals surface area contributed by atoms with Crippen molar-refractivity contribution in [3.05, 3.63) is 22.8 Å². The molecule has 0 fully saturated rings. The molecule has 268 valence electrons. The van der Waals surface area contributed by atoms with E-state index in [1.165, 1.54) is 19.3 Å². The van der Waals surface area contributed by atoms with Gasteiger partial charge in [-0.05, 0) is 73.6 Å². The molecule has 0 saturated heterocycles. The molecule has 1 rings (SSSR count). The maximum Gasteiger partial charge on any atom is 0.310 e. The first kappa shape index (κ1) is 43.1. The van der Waals surface area contributed by atoms with E-state index in [9.17, 15) is 9.59 Å². The number of ether oxygens (including phenoxy) is 1. The van der Waals surface area contributed by atoms with Crippen LogP contribution in [0.15, 0.2) is 22.8 Å². The Morgan fingerprint density at radius 1 is 0.935 bits per heavy atom. The van der Waals surface area contributed by atoms with Crippen LogP contribution in [0.1, 0.15) is 133 Å². The molecule has 0 heterocycles. The highest BCUT2D eigenvalue weighted by molar-refractivity contribution is 8.03. The summed E-state index contributed by atoms with van der Waals surface area (Å²) >= 11 is 1.76. The van der Waals surface area contributed by atoms with Crippen molar-refractivity contribution in [2.24, 2.45) is 11.8 Å². The van der Waals surface area contributed by atoms with Gasteiger partial charge in [-0.2, -0.15) is 0 Å².